The molecular weight excluding hydrogens is 356 g/mol. The molecule has 1 aliphatic rings. The van der Waals surface area contributed by atoms with Gasteiger partial charge in [-0.1, -0.05) is 0 Å². The Kier molecular flexibility index (Phi) is 4.56. The second-order valence-electron chi connectivity index (χ2n) is 3.71. The predicted molar refractivity (Wildman–Crippen MR) is 55.3 cm³/mol. The monoisotopic (exact) mass is 363 g/mol. The van der Waals surface area contributed by atoms with Gasteiger partial charge in [0.15, 0.2) is 0 Å². The lowest BCUT2D eigenvalue weighted by molar-refractivity contribution is -0.0525. The van der Waals surface area contributed by atoms with Gasteiger partial charge in [0.05, 0.1) is 0 Å². The fourth-order valence-electron chi connectivity index (χ4n) is 1.26. The zero-order chi connectivity index (χ0) is 16.7. The zero-order valence-electron chi connectivity index (χ0n) is 9.77. The van der Waals surface area contributed by atoms with Gasteiger partial charge in [-0.25, -0.2) is 8.42 Å². The van der Waals surface area contributed by atoms with E-state index >= 15 is 0 Å². The minimum atomic E-state index is -5.94. The summed E-state index contributed by atoms with van der Waals surface area (Å²) in [7, 11) is -11.6. The highest BCUT2D eigenvalue weighted by molar-refractivity contribution is 7.90. The summed E-state index contributed by atoms with van der Waals surface area (Å²) in [5, 5.41) is 0. The van der Waals surface area contributed by atoms with E-state index in [1.54, 1.807) is 0 Å². The van der Waals surface area contributed by atoms with Gasteiger partial charge >= 0.3 is 31.2 Å². The van der Waals surface area contributed by atoms with Gasteiger partial charge in [-0.05, 0) is 6.08 Å². The van der Waals surface area contributed by atoms with Crippen molar-refractivity contribution in [2.45, 2.75) is 17.4 Å². The van der Waals surface area contributed by atoms with Crippen molar-refractivity contribution in [2.75, 3.05) is 13.1 Å². The molecule has 0 unspecified atom stereocenters. The SMILES string of the molecule is O=S(=O)(OC1=CCN(S(=O)(=O)C(F)(F)F)CC1)C(F)(F)F. The van der Waals surface area contributed by atoms with E-state index < -0.39 is 56.4 Å². The Labute approximate surface area is 115 Å². The van der Waals surface area contributed by atoms with Crippen molar-refractivity contribution < 1.29 is 47.4 Å². The number of sulfonamides is 1. The first-order chi connectivity index (χ1) is 9.18. The largest absolute Gasteiger partial charge is 0.534 e. The summed E-state index contributed by atoms with van der Waals surface area (Å²) in [4.78, 5) is 0. The first-order valence-corrected chi connectivity index (χ1v) is 7.79. The second kappa shape index (κ2) is 5.31. The maximum Gasteiger partial charge on any atom is 0.534 e. The molecule has 0 aliphatic carbocycles. The van der Waals surface area contributed by atoms with Crippen molar-refractivity contribution >= 4 is 20.1 Å². The highest BCUT2D eigenvalue weighted by atomic mass is 32.2. The Morgan fingerprint density at radius 3 is 1.86 bits per heavy atom. The van der Waals surface area contributed by atoms with Gasteiger partial charge < -0.3 is 4.18 Å². The average molecular weight is 363 g/mol. The molecule has 0 aromatic heterocycles. The van der Waals surface area contributed by atoms with E-state index in [2.05, 4.69) is 4.18 Å². The minimum Gasteiger partial charge on any atom is -0.381 e. The van der Waals surface area contributed by atoms with Crippen molar-refractivity contribution in [3.05, 3.63) is 11.8 Å². The molecule has 1 heterocycles. The fourth-order valence-corrected chi connectivity index (χ4v) is 2.68. The highest BCUT2D eigenvalue weighted by Gasteiger charge is 2.51. The van der Waals surface area contributed by atoms with Crippen molar-refractivity contribution in [2.24, 2.45) is 0 Å². The smallest absolute Gasteiger partial charge is 0.381 e. The molecule has 0 saturated carbocycles. The van der Waals surface area contributed by atoms with Crippen LogP contribution in [0, 0.1) is 0 Å². The maximum atomic E-state index is 12.2. The molecule has 0 aromatic carbocycles. The lowest BCUT2D eigenvalue weighted by Crippen LogP contribution is -2.43. The third kappa shape index (κ3) is 3.79. The molecule has 21 heavy (non-hydrogen) atoms. The lowest BCUT2D eigenvalue weighted by Gasteiger charge is -2.26. The topological polar surface area (TPSA) is 80.8 Å². The van der Waals surface area contributed by atoms with Crippen LogP contribution in [0.15, 0.2) is 11.8 Å². The molecule has 0 aromatic rings. The molecule has 14 heteroatoms. The average Bonchev–Trinajstić information content (AvgIpc) is 2.26. The molecule has 6 nitrogen and oxygen atoms in total. The highest BCUT2D eigenvalue weighted by Crippen LogP contribution is 2.31. The number of rotatable bonds is 3. The second-order valence-corrected chi connectivity index (χ2v) is 7.18. The number of halogens is 6. The summed E-state index contributed by atoms with van der Waals surface area (Å²) in [6.45, 7) is -1.81. The third-order valence-corrected chi connectivity index (χ3v) is 4.86. The van der Waals surface area contributed by atoms with Crippen LogP contribution in [-0.4, -0.2) is 45.2 Å². The van der Waals surface area contributed by atoms with Crippen LogP contribution in [0.1, 0.15) is 6.42 Å². The molecule has 0 atom stereocenters. The zero-order valence-corrected chi connectivity index (χ0v) is 11.4. The van der Waals surface area contributed by atoms with Gasteiger partial charge in [-0.3, -0.25) is 0 Å². The summed E-state index contributed by atoms with van der Waals surface area (Å²) < 4.78 is 120. The molecular formula is C7H7F6NO5S2. The van der Waals surface area contributed by atoms with Crippen molar-refractivity contribution in [1.29, 1.82) is 0 Å². The summed E-state index contributed by atoms with van der Waals surface area (Å²) in [5.41, 5.74) is -11.2. The van der Waals surface area contributed by atoms with Crippen LogP contribution in [0.5, 0.6) is 0 Å². The number of hydrogen-bond acceptors (Lipinski definition) is 5. The van der Waals surface area contributed by atoms with Crippen LogP contribution >= 0.6 is 0 Å². The fraction of sp³-hybridized carbons (Fsp3) is 0.714. The number of nitrogens with zero attached hydrogens (tertiary/aromatic N) is 1. The Morgan fingerprint density at radius 1 is 1.00 bits per heavy atom. The van der Waals surface area contributed by atoms with Gasteiger partial charge in [0.2, 0.25) is 0 Å². The normalized spacial score (nSPS) is 19.2. The van der Waals surface area contributed by atoms with Crippen molar-refractivity contribution in [1.82, 2.24) is 4.31 Å². The lowest BCUT2D eigenvalue weighted by atomic mass is 10.3. The van der Waals surface area contributed by atoms with Gasteiger partial charge in [0.25, 0.3) is 0 Å². The van der Waals surface area contributed by atoms with Gasteiger partial charge in [-0.2, -0.15) is 39.1 Å². The molecule has 0 bridgehead atoms. The summed E-state index contributed by atoms with van der Waals surface area (Å²) in [5.74, 6) is -0.777. The Hall–Kier alpha value is -1.02. The third-order valence-electron chi connectivity index (χ3n) is 2.26. The number of alkyl halides is 6. The van der Waals surface area contributed by atoms with E-state index in [0.29, 0.717) is 6.08 Å². The Morgan fingerprint density at radius 2 is 1.52 bits per heavy atom. The molecule has 1 rings (SSSR count). The van der Waals surface area contributed by atoms with Crippen molar-refractivity contribution in [3.8, 4) is 0 Å². The van der Waals surface area contributed by atoms with E-state index in [1.165, 1.54) is 0 Å². The summed E-state index contributed by atoms with van der Waals surface area (Å²) in [6, 6.07) is 0. The van der Waals surface area contributed by atoms with Crippen LogP contribution in [0.2, 0.25) is 0 Å². The van der Waals surface area contributed by atoms with Crippen LogP contribution in [0.3, 0.4) is 0 Å². The quantitative estimate of drug-likeness (QED) is 0.429. The van der Waals surface area contributed by atoms with Gasteiger partial charge in [-0.15, -0.1) is 0 Å². The minimum absolute atomic E-state index is 0.0555. The van der Waals surface area contributed by atoms with Crippen LogP contribution in [0.25, 0.3) is 0 Å². The van der Waals surface area contributed by atoms with Crippen molar-refractivity contribution in [3.63, 3.8) is 0 Å². The summed E-state index contributed by atoms with van der Waals surface area (Å²) in [6.07, 6.45) is -0.222. The first kappa shape index (κ1) is 18.0. The summed E-state index contributed by atoms with van der Waals surface area (Å²) >= 11 is 0. The van der Waals surface area contributed by atoms with Crippen LogP contribution in [-0.2, 0) is 24.3 Å². The van der Waals surface area contributed by atoms with Crippen LogP contribution < -0.4 is 0 Å². The van der Waals surface area contributed by atoms with Gasteiger partial charge in [0.1, 0.15) is 5.76 Å². The Bertz CT molecular complexity index is 631. The predicted octanol–water partition coefficient (Wildman–Crippen LogP) is 1.29. The van der Waals surface area contributed by atoms with E-state index in [4.69, 9.17) is 0 Å². The van der Waals surface area contributed by atoms with E-state index in [-0.39, 0.29) is 4.31 Å². The van der Waals surface area contributed by atoms with Gasteiger partial charge in [0, 0.05) is 19.5 Å². The molecule has 0 radical (unpaired) electrons. The standard InChI is InChI=1S/C7H7F6NO5S2/c8-6(9,10)20(15,16)14-3-1-5(2-4-14)19-21(17,18)7(11,12)13/h1H,2-4H2. The van der Waals surface area contributed by atoms with E-state index in [1.807, 2.05) is 0 Å². The molecule has 124 valence electrons. The van der Waals surface area contributed by atoms with E-state index in [9.17, 15) is 43.2 Å². The van der Waals surface area contributed by atoms with Crippen LogP contribution in [0.4, 0.5) is 26.3 Å². The molecule has 1 aliphatic heterocycles. The molecule has 0 amide bonds. The first-order valence-electron chi connectivity index (χ1n) is 4.95. The molecule has 0 spiro atoms. The molecule has 0 saturated heterocycles. The maximum absolute atomic E-state index is 12.2. The Balaban J connectivity index is 2.86. The molecule has 0 N–H and O–H groups in total. The van der Waals surface area contributed by atoms with E-state index in [0.717, 1.165) is 0 Å². The number of hydrogen-bond donors (Lipinski definition) is 0. The molecule has 0 fully saturated rings.